The van der Waals surface area contributed by atoms with Crippen molar-refractivity contribution in [2.75, 3.05) is 13.1 Å². The fourth-order valence-electron chi connectivity index (χ4n) is 2.16. The van der Waals surface area contributed by atoms with Gasteiger partial charge in [-0.3, -0.25) is 4.79 Å². The number of aliphatic hydroxyl groups is 2. The molecule has 0 unspecified atom stereocenters. The molecule has 0 aliphatic heterocycles. The number of hydrogen-bond donors (Lipinski definition) is 2. The predicted octanol–water partition coefficient (Wildman–Crippen LogP) is 5.03. The number of unbranched alkanes of at least 4 members (excludes halogenated alkanes) is 4. The topological polar surface area (TPSA) is 66.8 Å². The molecule has 0 aromatic rings. The van der Waals surface area contributed by atoms with Crippen LogP contribution in [-0.4, -0.2) is 35.4 Å². The molecule has 4 heteroatoms. The molecule has 0 radical (unpaired) electrons. The van der Waals surface area contributed by atoms with Crippen LogP contribution in [0.25, 0.3) is 0 Å². The van der Waals surface area contributed by atoms with E-state index in [2.05, 4.69) is 42.0 Å². The van der Waals surface area contributed by atoms with E-state index in [1.165, 1.54) is 19.3 Å². The van der Waals surface area contributed by atoms with Crippen LogP contribution < -0.4 is 0 Å². The molecule has 0 heterocycles. The van der Waals surface area contributed by atoms with Gasteiger partial charge in [-0.25, -0.2) is 0 Å². The van der Waals surface area contributed by atoms with Gasteiger partial charge in [0.1, 0.15) is 6.08 Å². The van der Waals surface area contributed by atoms with E-state index >= 15 is 0 Å². The Balaban J connectivity index is 4.00. The van der Waals surface area contributed by atoms with Crippen LogP contribution in [0, 0.1) is 0 Å². The number of allylic oxidation sites excluding steroid dienone is 8. The first-order chi connectivity index (χ1) is 15.0. The van der Waals surface area contributed by atoms with Crippen molar-refractivity contribution in [3.05, 3.63) is 48.6 Å². The van der Waals surface area contributed by atoms with Crippen molar-refractivity contribution in [3.8, 4) is 0 Å². The van der Waals surface area contributed by atoms with Crippen LogP contribution in [0.5, 0.6) is 0 Å². The molecule has 0 rings (SSSR count). The summed E-state index contributed by atoms with van der Waals surface area (Å²) >= 11 is 0. The second kappa shape index (κ2) is 20.7. The standard InChI is InChI=1S/C23H38O4/c1-2-3-4-5-6-7-8-9-10-11-12-13-14-15-16-17-18-19-23(26)27-22(20-24)21-25/h6-7,9-10,12-13,15-16,22,24-25H,2-5,8,11,14,17-21H2,1H3/b7-6+,10-9+,13-12+,16-15+/i20D2,21D2,22D. The summed E-state index contributed by atoms with van der Waals surface area (Å²) in [6.45, 7) is -4.95. The van der Waals surface area contributed by atoms with Crippen molar-refractivity contribution >= 4 is 5.97 Å². The number of rotatable bonds is 17. The smallest absolute Gasteiger partial charge is 0.306 e. The molecular weight excluding hydrogens is 340 g/mol. The van der Waals surface area contributed by atoms with E-state index < -0.39 is 25.2 Å². The lowest BCUT2D eigenvalue weighted by atomic mass is 10.2. The van der Waals surface area contributed by atoms with E-state index in [9.17, 15) is 15.0 Å². The van der Waals surface area contributed by atoms with Gasteiger partial charge >= 0.3 is 5.97 Å². The van der Waals surface area contributed by atoms with E-state index in [-0.39, 0.29) is 6.42 Å². The summed E-state index contributed by atoms with van der Waals surface area (Å²) in [5, 5.41) is 18.6. The number of hydrogen-bond acceptors (Lipinski definition) is 4. The minimum absolute atomic E-state index is 0.204. The Morgan fingerprint density at radius 1 is 0.889 bits per heavy atom. The molecule has 0 bridgehead atoms. The molecule has 0 saturated carbocycles. The molecule has 0 aliphatic rings. The fourth-order valence-corrected chi connectivity index (χ4v) is 2.16. The first-order valence-corrected chi connectivity index (χ1v) is 9.72. The molecule has 0 fully saturated rings. The molecule has 0 spiro atoms. The highest BCUT2D eigenvalue weighted by Crippen LogP contribution is 2.03. The highest BCUT2D eigenvalue weighted by atomic mass is 16.6. The van der Waals surface area contributed by atoms with Crippen molar-refractivity contribution < 1.29 is 26.6 Å². The van der Waals surface area contributed by atoms with Crippen molar-refractivity contribution in [1.29, 1.82) is 0 Å². The monoisotopic (exact) mass is 383 g/mol. The van der Waals surface area contributed by atoms with Gasteiger partial charge in [-0.2, -0.15) is 0 Å². The lowest BCUT2D eigenvalue weighted by Crippen LogP contribution is -2.25. The van der Waals surface area contributed by atoms with E-state index in [1.54, 1.807) is 0 Å². The average Bonchev–Trinajstić information content (AvgIpc) is 2.68. The zero-order valence-electron chi connectivity index (χ0n) is 21.4. The maximum Gasteiger partial charge on any atom is 0.306 e. The number of carbonyl (C=O) groups is 1. The summed E-state index contributed by atoms with van der Waals surface area (Å²) in [5.74, 6) is -1.08. The number of ether oxygens (including phenoxy) is 1. The van der Waals surface area contributed by atoms with Crippen LogP contribution in [-0.2, 0) is 9.53 Å². The van der Waals surface area contributed by atoms with E-state index in [1.807, 2.05) is 18.2 Å². The van der Waals surface area contributed by atoms with E-state index in [4.69, 9.17) is 6.85 Å². The van der Waals surface area contributed by atoms with Crippen molar-refractivity contribution in [2.24, 2.45) is 0 Å². The van der Waals surface area contributed by atoms with Gasteiger partial charge in [0.2, 0.25) is 0 Å². The molecule has 154 valence electrons. The molecular formula is C23H38O4. The molecule has 0 aromatic heterocycles. The Morgan fingerprint density at radius 2 is 1.37 bits per heavy atom. The van der Waals surface area contributed by atoms with E-state index in [0.29, 0.717) is 12.8 Å². The highest BCUT2D eigenvalue weighted by Gasteiger charge is 2.11. The maximum absolute atomic E-state index is 11.8. The first-order valence-electron chi connectivity index (χ1n) is 12.2. The Bertz CT molecular complexity index is 617. The zero-order valence-corrected chi connectivity index (χ0v) is 16.4. The molecule has 0 saturated heterocycles. The lowest BCUT2D eigenvalue weighted by Gasteiger charge is -2.11. The third-order valence-electron chi connectivity index (χ3n) is 3.63. The Labute approximate surface area is 172 Å². The largest absolute Gasteiger partial charge is 0.457 e. The van der Waals surface area contributed by atoms with Gasteiger partial charge in [0.05, 0.1) is 20.0 Å². The number of esters is 1. The van der Waals surface area contributed by atoms with E-state index in [0.717, 1.165) is 25.7 Å². The van der Waals surface area contributed by atoms with Gasteiger partial charge < -0.3 is 14.9 Å². The lowest BCUT2D eigenvalue weighted by molar-refractivity contribution is -0.153. The third-order valence-corrected chi connectivity index (χ3v) is 3.63. The minimum atomic E-state index is -3.58. The molecule has 0 aliphatic carbocycles. The summed E-state index contributed by atoms with van der Waals surface area (Å²) < 4.78 is 40.3. The molecule has 0 amide bonds. The predicted molar refractivity (Wildman–Crippen MR) is 112 cm³/mol. The van der Waals surface area contributed by atoms with Crippen LogP contribution in [0.3, 0.4) is 0 Å². The van der Waals surface area contributed by atoms with Crippen molar-refractivity contribution in [1.82, 2.24) is 0 Å². The van der Waals surface area contributed by atoms with Crippen molar-refractivity contribution in [2.45, 2.75) is 77.2 Å². The second-order valence-electron chi connectivity index (χ2n) is 6.01. The fraction of sp³-hybridized carbons (Fsp3) is 0.609. The molecule has 0 atom stereocenters. The molecule has 2 N–H and O–H groups in total. The Morgan fingerprint density at radius 3 is 1.85 bits per heavy atom. The van der Waals surface area contributed by atoms with Gasteiger partial charge in [-0.1, -0.05) is 68.4 Å². The van der Waals surface area contributed by atoms with Crippen LogP contribution in [0.15, 0.2) is 48.6 Å². The Kier molecular flexibility index (Phi) is 13.4. The first kappa shape index (κ1) is 17.4. The van der Waals surface area contributed by atoms with Crippen LogP contribution >= 0.6 is 0 Å². The third kappa shape index (κ3) is 18.9. The van der Waals surface area contributed by atoms with Gasteiger partial charge in [0.25, 0.3) is 0 Å². The SMILES string of the molecule is [2H]C([2H])(O)C([2H])(OC(=O)CCC/C=C/C/C=C/C/C=C/C/C=C/CCCCC)C([2H])([2H])O. The van der Waals surface area contributed by atoms with Crippen LogP contribution in [0.1, 0.15) is 78.0 Å². The average molecular weight is 384 g/mol. The Hall–Kier alpha value is -1.65. The molecule has 27 heavy (non-hydrogen) atoms. The summed E-state index contributed by atoms with van der Waals surface area (Å²) in [5.41, 5.74) is 0. The van der Waals surface area contributed by atoms with Gasteiger partial charge in [0, 0.05) is 6.42 Å². The number of carbonyl (C=O) groups excluding carboxylic acids is 1. The minimum Gasteiger partial charge on any atom is -0.457 e. The molecule has 4 nitrogen and oxygen atoms in total. The maximum atomic E-state index is 11.8. The normalized spacial score (nSPS) is 16.6. The summed E-state index contributed by atoms with van der Waals surface area (Å²) in [6, 6.07) is 0. The van der Waals surface area contributed by atoms with Gasteiger partial charge in [-0.15, -0.1) is 0 Å². The second-order valence-corrected chi connectivity index (χ2v) is 6.01. The zero-order chi connectivity index (χ0) is 24.5. The summed E-state index contributed by atoms with van der Waals surface area (Å²) in [7, 11) is 0. The quantitative estimate of drug-likeness (QED) is 0.210. The highest BCUT2D eigenvalue weighted by molar-refractivity contribution is 5.69. The van der Waals surface area contributed by atoms with Crippen LogP contribution in [0.4, 0.5) is 0 Å². The van der Waals surface area contributed by atoms with Gasteiger partial charge in [0.15, 0.2) is 0 Å². The van der Waals surface area contributed by atoms with Gasteiger partial charge in [-0.05, 0) is 44.9 Å². The summed E-state index contributed by atoms with van der Waals surface area (Å²) in [6.07, 6.45) is 21.3. The summed E-state index contributed by atoms with van der Waals surface area (Å²) in [4.78, 5) is 11.8. The van der Waals surface area contributed by atoms with Crippen molar-refractivity contribution in [3.63, 3.8) is 0 Å². The van der Waals surface area contributed by atoms with Crippen LogP contribution in [0.2, 0.25) is 0 Å². The molecule has 0 aromatic carbocycles.